The summed E-state index contributed by atoms with van der Waals surface area (Å²) < 4.78 is 83.7. The molecule has 6 heterocycles. The van der Waals surface area contributed by atoms with Gasteiger partial charge in [-0.2, -0.15) is 15.2 Å². The summed E-state index contributed by atoms with van der Waals surface area (Å²) in [7, 11) is -17.3. The van der Waals surface area contributed by atoms with Crippen molar-refractivity contribution < 1.29 is 65.4 Å². The maximum atomic E-state index is 12.3. The first kappa shape index (κ1) is 47.1. The fourth-order valence-corrected chi connectivity index (χ4v) is 8.36. The summed E-state index contributed by atoms with van der Waals surface area (Å²) in [5, 5.41) is 8.84. The summed E-state index contributed by atoms with van der Waals surface area (Å²) in [5.74, 6) is 0.0631. The van der Waals surface area contributed by atoms with Gasteiger partial charge in [-0.3, -0.25) is 9.78 Å². The van der Waals surface area contributed by atoms with E-state index in [1.54, 1.807) is 0 Å². The molecule has 6 rings (SSSR count). The number of anilines is 2. The molecule has 2 aliphatic rings. The van der Waals surface area contributed by atoms with Gasteiger partial charge in [-0.25, -0.2) is 19.3 Å². The van der Waals surface area contributed by atoms with Crippen LogP contribution in [-0.2, 0) is 45.8 Å². The molecule has 0 saturated carbocycles. The quantitative estimate of drug-likeness (QED) is 0.150. The van der Waals surface area contributed by atoms with E-state index in [0.717, 1.165) is 0 Å². The number of ether oxygens (including phenoxy) is 2. The van der Waals surface area contributed by atoms with Crippen LogP contribution in [0, 0.1) is 0 Å². The molecular formula is C30H46N10O15P4-4. The minimum atomic E-state index is -4.37. The number of aromatic nitrogens is 8. The number of hydrogen-bond donors (Lipinski definition) is 3. The van der Waals surface area contributed by atoms with Crippen molar-refractivity contribution in [2.24, 2.45) is 0 Å². The lowest BCUT2D eigenvalue weighted by Crippen LogP contribution is -2.31. The molecule has 0 aromatic carbocycles. The monoisotopic (exact) mass is 910 g/mol. The van der Waals surface area contributed by atoms with Crippen LogP contribution in [0.1, 0.15) is 80.7 Å². The Balaban J connectivity index is 0.000000224. The van der Waals surface area contributed by atoms with Crippen molar-refractivity contribution in [1.29, 1.82) is 0 Å². The van der Waals surface area contributed by atoms with Crippen LogP contribution in [0.5, 0.6) is 0 Å². The van der Waals surface area contributed by atoms with E-state index in [9.17, 15) is 42.6 Å². The van der Waals surface area contributed by atoms with Crippen LogP contribution in [0.2, 0.25) is 0 Å². The van der Waals surface area contributed by atoms with Gasteiger partial charge in [0.2, 0.25) is 5.95 Å². The molecule has 0 spiro atoms. The Kier molecular flexibility index (Phi) is 14.2. The number of nitrogens with two attached hydrogens (primary N) is 2. The molecule has 29 heteroatoms. The van der Waals surface area contributed by atoms with Gasteiger partial charge >= 0.3 is 0 Å². The van der Waals surface area contributed by atoms with Crippen LogP contribution in [0.15, 0.2) is 23.5 Å². The third-order valence-electron chi connectivity index (χ3n) is 9.10. The normalized spacial score (nSPS) is 26.6. The molecule has 0 radical (unpaired) electrons. The Hall–Kier alpha value is -2.98. The third-order valence-corrected chi connectivity index (χ3v) is 16.3. The summed E-state index contributed by atoms with van der Waals surface area (Å²) >= 11 is 0. The number of nitrogens with zero attached hydrogens (tertiary/aromatic N) is 7. The standard InChI is InChI=1S/C15H25N5O8P2.C15H25N5O7P2/c1-7(2)29(22,23)27-10-5-11(26-14(10)28-30(24,25)8(3)4)20-12-9(6-17-20)13(21)19-15(16)18-12;1-8(2)28(21,22)26-11-5-12(25-15(11)27-29(23,24)9(3)4)20-14-10(6-19-20)13(16)17-7-18-14/h6-8,10-11,14H,5H2,1-4H3,(H,22,23)(H,24,25)(H3,16,18,19,21);6-9,11-12,15H,5H2,1-4H3,(H,21,22)(H,23,24)(H2,16,17,18)/p-4/t10?,11-,14-;11?,12-,15-/m11/s1. The van der Waals surface area contributed by atoms with Gasteiger partial charge in [0.1, 0.15) is 60.1 Å². The summed E-state index contributed by atoms with van der Waals surface area (Å²) in [6, 6.07) is 0. The first-order valence-corrected chi connectivity index (χ1v) is 24.6. The molecule has 6 unspecified atom stereocenters. The van der Waals surface area contributed by atoms with E-state index >= 15 is 0 Å². The van der Waals surface area contributed by atoms with Crippen LogP contribution >= 0.6 is 30.4 Å². The molecular weight excluding hydrogens is 864 g/mol. The molecule has 2 fully saturated rings. The molecule has 330 valence electrons. The Bertz CT molecular complexity index is 2310. The Morgan fingerprint density at radius 3 is 1.53 bits per heavy atom. The van der Waals surface area contributed by atoms with Gasteiger partial charge in [-0.1, -0.05) is 55.4 Å². The van der Waals surface area contributed by atoms with Crippen LogP contribution < -0.4 is 36.6 Å². The second-order valence-electron chi connectivity index (χ2n) is 14.8. The molecule has 59 heavy (non-hydrogen) atoms. The van der Waals surface area contributed by atoms with Crippen LogP contribution in [0.4, 0.5) is 11.8 Å². The van der Waals surface area contributed by atoms with Crippen LogP contribution in [0.25, 0.3) is 22.1 Å². The zero-order valence-corrected chi connectivity index (χ0v) is 36.7. The van der Waals surface area contributed by atoms with Crippen molar-refractivity contribution in [3.05, 3.63) is 29.1 Å². The highest BCUT2D eigenvalue weighted by Crippen LogP contribution is 2.53. The molecule has 5 N–H and O–H groups in total. The third kappa shape index (κ3) is 10.6. The van der Waals surface area contributed by atoms with Crippen LogP contribution in [-0.4, -0.2) is 86.9 Å². The summed E-state index contributed by atoms with van der Waals surface area (Å²) in [5.41, 5.74) is 7.98. The van der Waals surface area contributed by atoms with Crippen LogP contribution in [0.3, 0.4) is 0 Å². The minimum Gasteiger partial charge on any atom is -0.778 e. The maximum absolute atomic E-state index is 12.3. The first-order valence-electron chi connectivity index (χ1n) is 18.2. The predicted octanol–water partition coefficient (Wildman–Crippen LogP) is 1.25. The molecule has 0 aliphatic carbocycles. The van der Waals surface area contributed by atoms with E-state index in [2.05, 4.69) is 30.1 Å². The highest BCUT2D eigenvalue weighted by molar-refractivity contribution is 7.53. The highest BCUT2D eigenvalue weighted by atomic mass is 31.2. The number of nitrogens with one attached hydrogen (secondary N) is 1. The lowest BCUT2D eigenvalue weighted by Gasteiger charge is -2.35. The predicted molar refractivity (Wildman–Crippen MR) is 202 cm³/mol. The maximum Gasteiger partial charge on any atom is 0.263 e. The highest BCUT2D eigenvalue weighted by Gasteiger charge is 2.45. The Morgan fingerprint density at radius 1 is 0.678 bits per heavy atom. The topological polar surface area (TPSA) is 375 Å². The van der Waals surface area contributed by atoms with Gasteiger partial charge in [0.05, 0.1) is 17.8 Å². The second-order valence-corrected chi connectivity index (χ2v) is 24.1. The Labute approximate surface area is 337 Å². The van der Waals surface area contributed by atoms with Gasteiger partial charge in [0.15, 0.2) is 36.3 Å². The second kappa shape index (κ2) is 17.8. The van der Waals surface area contributed by atoms with Crippen molar-refractivity contribution >= 4 is 64.2 Å². The molecule has 4 aromatic rings. The number of rotatable bonds is 14. The molecule has 2 saturated heterocycles. The summed E-state index contributed by atoms with van der Waals surface area (Å²) in [6.07, 6.45) is -3.50. The van der Waals surface area contributed by atoms with Gasteiger partial charge < -0.3 is 76.9 Å². The first-order chi connectivity index (χ1) is 27.2. The summed E-state index contributed by atoms with van der Waals surface area (Å²) in [6.45, 7) is 11.5. The molecule has 2 aliphatic heterocycles. The van der Waals surface area contributed by atoms with Gasteiger partial charge in [0.25, 0.3) is 5.56 Å². The zero-order valence-electron chi connectivity index (χ0n) is 33.1. The van der Waals surface area contributed by atoms with Crippen molar-refractivity contribution in [3.8, 4) is 0 Å². The van der Waals surface area contributed by atoms with Crippen molar-refractivity contribution in [1.82, 2.24) is 39.5 Å². The van der Waals surface area contributed by atoms with Gasteiger partial charge in [-0.15, -0.1) is 0 Å². The molecule has 0 bridgehead atoms. The lowest BCUT2D eigenvalue weighted by molar-refractivity contribution is -0.235. The van der Waals surface area contributed by atoms with E-state index in [1.807, 2.05) is 0 Å². The van der Waals surface area contributed by atoms with E-state index in [0.29, 0.717) is 11.0 Å². The molecule has 0 amide bonds. The Morgan fingerprint density at radius 2 is 1.08 bits per heavy atom. The average Bonchev–Trinajstić information content (AvgIpc) is 3.90. The van der Waals surface area contributed by atoms with Crippen molar-refractivity contribution in [2.45, 2.75) is 128 Å². The number of aromatic amines is 1. The lowest BCUT2D eigenvalue weighted by atomic mass is 10.3. The molecule has 4 aromatic heterocycles. The fraction of sp³-hybridized carbons (Fsp3) is 0.667. The van der Waals surface area contributed by atoms with E-state index in [1.165, 1.54) is 83.5 Å². The number of nitrogen functional groups attached to an aromatic ring is 2. The van der Waals surface area contributed by atoms with Gasteiger partial charge in [-0.05, 0) is 0 Å². The average molecular weight is 911 g/mol. The fourth-order valence-electron chi connectivity index (χ4n) is 5.31. The van der Waals surface area contributed by atoms with Crippen molar-refractivity contribution in [2.75, 3.05) is 11.5 Å². The van der Waals surface area contributed by atoms with E-state index in [-0.39, 0.29) is 35.6 Å². The summed E-state index contributed by atoms with van der Waals surface area (Å²) in [4.78, 5) is 75.4. The molecule has 10 atom stereocenters. The van der Waals surface area contributed by atoms with Crippen molar-refractivity contribution in [3.63, 3.8) is 0 Å². The largest absolute Gasteiger partial charge is 0.778 e. The number of hydrogen-bond acceptors (Lipinski definition) is 22. The molecule has 25 nitrogen and oxygen atoms in total. The van der Waals surface area contributed by atoms with E-state index < -0.39 is 95.8 Å². The SMILES string of the molecule is CC(C)P(=O)([O-])OC1C[C@H](n2ncc3c(=O)[nH]c(N)nc32)O[C@@H]1OP(=O)([O-])C(C)C.CC(C)P(=O)([O-])OC1C[C@H](n2ncc3c(N)ncnc32)O[C@@H]1OP(=O)([O-])C(C)C. The smallest absolute Gasteiger partial charge is 0.263 e. The number of H-pyrrole nitrogens is 1. The van der Waals surface area contributed by atoms with E-state index in [4.69, 9.17) is 39.0 Å². The van der Waals surface area contributed by atoms with Gasteiger partial charge in [0, 0.05) is 35.5 Å². The minimum absolute atomic E-state index is 0.0254. The zero-order chi connectivity index (χ0) is 44.0. The number of fused-ring (bicyclic) bond motifs is 2.